The van der Waals surface area contributed by atoms with Gasteiger partial charge in [-0.3, -0.25) is 19.3 Å². The minimum absolute atomic E-state index is 0.100. The Bertz CT molecular complexity index is 916. The van der Waals surface area contributed by atoms with Gasteiger partial charge in [0.05, 0.1) is 0 Å². The van der Waals surface area contributed by atoms with Crippen LogP contribution in [0.1, 0.15) is 5.69 Å². The second-order valence-electron chi connectivity index (χ2n) is 5.30. The molecule has 1 unspecified atom stereocenters. The Kier molecular flexibility index (Phi) is 6.00. The van der Waals surface area contributed by atoms with E-state index in [0.717, 1.165) is 16.2 Å². The largest absolute Gasteiger partial charge is 0.477 e. The van der Waals surface area contributed by atoms with Gasteiger partial charge in [0.2, 0.25) is 6.41 Å². The molecule has 3 rings (SSSR count). The van der Waals surface area contributed by atoms with Crippen LogP contribution in [0.25, 0.3) is 0 Å². The Morgan fingerprint density at radius 1 is 1.54 bits per heavy atom. The number of carboxylic acid groups (broad SMARTS) is 1. The molecular weight excluding hydrogens is 478 g/mol. The third-order valence-electron chi connectivity index (χ3n) is 3.74. The second-order valence-corrected chi connectivity index (χ2v) is 8.77. The number of oxime groups is 1. The van der Waals surface area contributed by atoms with Crippen LogP contribution in [-0.4, -0.2) is 69.2 Å². The molecular formula is C14H12BrN5O6S2. The van der Waals surface area contributed by atoms with E-state index in [9.17, 15) is 24.3 Å². The first-order chi connectivity index (χ1) is 13.4. The van der Waals surface area contributed by atoms with Gasteiger partial charge in [-0.2, -0.15) is 0 Å². The predicted octanol–water partition coefficient (Wildman–Crippen LogP) is 0.193. The number of carbonyl (C=O) groups is 4. The number of nitrogens with one attached hydrogen (secondary N) is 2. The van der Waals surface area contributed by atoms with E-state index in [0.29, 0.717) is 15.9 Å². The molecule has 2 aliphatic heterocycles. The van der Waals surface area contributed by atoms with Crippen molar-refractivity contribution in [3.05, 3.63) is 21.3 Å². The van der Waals surface area contributed by atoms with Crippen LogP contribution >= 0.6 is 39.0 Å². The van der Waals surface area contributed by atoms with Gasteiger partial charge in [0, 0.05) is 5.75 Å². The molecule has 3 N–H and O–H groups in total. The van der Waals surface area contributed by atoms with Crippen molar-refractivity contribution in [1.82, 2.24) is 15.2 Å². The van der Waals surface area contributed by atoms with Crippen molar-refractivity contribution in [2.45, 2.75) is 11.4 Å². The summed E-state index contributed by atoms with van der Waals surface area (Å²) in [6.07, 6.45) is 1.89. The zero-order valence-electron chi connectivity index (χ0n) is 14.0. The molecule has 11 nitrogen and oxygen atoms in total. The summed E-state index contributed by atoms with van der Waals surface area (Å²) in [5.74, 6) is -2.06. The first kappa shape index (κ1) is 20.3. The van der Waals surface area contributed by atoms with E-state index in [1.54, 1.807) is 0 Å². The van der Waals surface area contributed by atoms with Crippen molar-refractivity contribution in [1.29, 1.82) is 0 Å². The van der Waals surface area contributed by atoms with Gasteiger partial charge < -0.3 is 20.6 Å². The number of thiazole rings is 1. The average molecular weight is 490 g/mol. The Balaban J connectivity index is 1.79. The number of β-lactam (4-membered cyclic amide) rings is 1. The third-order valence-corrected chi connectivity index (χ3v) is 6.56. The fourth-order valence-corrected chi connectivity index (χ4v) is 5.17. The first-order valence-electron chi connectivity index (χ1n) is 7.56. The van der Waals surface area contributed by atoms with Gasteiger partial charge in [-0.25, -0.2) is 9.78 Å². The number of hydrogen-bond donors (Lipinski definition) is 3. The van der Waals surface area contributed by atoms with E-state index < -0.39 is 29.2 Å². The highest BCUT2D eigenvalue weighted by Crippen LogP contribution is 2.37. The standard InChI is InChI=1S/C14H12BrN5O6S2/c1-26-19-7(6-9(15)28-14(18-6)16-4-21)10(22)17-8-11(23)20-5(13(24)25)2-3-27-12(8)20/h2,4,8,12H,3H2,1H3,(H,17,22)(H,24,25)(H,16,18,21)/t8?,12-/m0/s1. The molecule has 2 atom stereocenters. The van der Waals surface area contributed by atoms with E-state index in [1.807, 2.05) is 0 Å². The molecule has 1 aromatic heterocycles. The van der Waals surface area contributed by atoms with Crippen LogP contribution in [0.3, 0.4) is 0 Å². The lowest BCUT2D eigenvalue weighted by Crippen LogP contribution is -2.70. The highest BCUT2D eigenvalue weighted by atomic mass is 79.9. The maximum absolute atomic E-state index is 12.7. The number of carboxylic acids is 1. The van der Waals surface area contributed by atoms with Crippen LogP contribution in [0.2, 0.25) is 0 Å². The normalized spacial score (nSPS) is 21.2. The van der Waals surface area contributed by atoms with E-state index in [-0.39, 0.29) is 22.2 Å². The van der Waals surface area contributed by atoms with Crippen LogP contribution in [-0.2, 0) is 24.0 Å². The van der Waals surface area contributed by atoms with Gasteiger partial charge in [0.15, 0.2) is 10.8 Å². The quantitative estimate of drug-likeness (QED) is 0.212. The number of aliphatic carboxylic acids is 1. The van der Waals surface area contributed by atoms with Crippen LogP contribution < -0.4 is 10.6 Å². The summed E-state index contributed by atoms with van der Waals surface area (Å²) in [5, 5.41) is 17.5. The molecule has 0 saturated carbocycles. The van der Waals surface area contributed by atoms with Gasteiger partial charge in [-0.15, -0.1) is 11.8 Å². The molecule has 3 amide bonds. The number of hydrogen-bond acceptors (Lipinski definition) is 9. The summed E-state index contributed by atoms with van der Waals surface area (Å²) < 4.78 is 0.424. The number of amides is 3. The predicted molar refractivity (Wildman–Crippen MR) is 104 cm³/mol. The summed E-state index contributed by atoms with van der Waals surface area (Å²) in [5.41, 5.74) is -0.178. The number of carbonyl (C=O) groups excluding carboxylic acids is 3. The maximum atomic E-state index is 12.7. The van der Waals surface area contributed by atoms with Gasteiger partial charge in [-0.05, 0) is 22.0 Å². The number of fused-ring (bicyclic) bond motifs is 1. The van der Waals surface area contributed by atoms with Crippen molar-refractivity contribution in [3.8, 4) is 0 Å². The Hall–Kier alpha value is -2.45. The summed E-state index contributed by atoms with van der Waals surface area (Å²) in [4.78, 5) is 56.9. The van der Waals surface area contributed by atoms with Crippen molar-refractivity contribution < 1.29 is 29.1 Å². The summed E-state index contributed by atoms with van der Waals surface area (Å²) in [6.45, 7) is 0. The topological polar surface area (TPSA) is 150 Å². The van der Waals surface area contributed by atoms with Crippen molar-refractivity contribution in [2.75, 3.05) is 18.2 Å². The van der Waals surface area contributed by atoms with E-state index in [1.165, 1.54) is 24.9 Å². The third kappa shape index (κ3) is 3.62. The molecule has 3 heterocycles. The molecule has 28 heavy (non-hydrogen) atoms. The number of nitrogens with zero attached hydrogens (tertiary/aromatic N) is 3. The fraction of sp³-hybridized carbons (Fsp3) is 0.286. The summed E-state index contributed by atoms with van der Waals surface area (Å²) in [6, 6.07) is -0.910. The lowest BCUT2D eigenvalue weighted by molar-refractivity contribution is -0.150. The molecule has 1 fully saturated rings. The van der Waals surface area contributed by atoms with E-state index in [4.69, 9.17) is 4.84 Å². The number of anilines is 1. The lowest BCUT2D eigenvalue weighted by atomic mass is 10.0. The number of aromatic nitrogens is 1. The zero-order valence-corrected chi connectivity index (χ0v) is 17.3. The number of halogens is 1. The van der Waals surface area contributed by atoms with Gasteiger partial charge in [0.25, 0.3) is 11.8 Å². The monoisotopic (exact) mass is 489 g/mol. The first-order valence-corrected chi connectivity index (χ1v) is 10.2. The van der Waals surface area contributed by atoms with Crippen LogP contribution in [0.5, 0.6) is 0 Å². The molecule has 14 heteroatoms. The fourth-order valence-electron chi connectivity index (χ4n) is 2.59. The summed E-state index contributed by atoms with van der Waals surface area (Å²) >= 11 is 5.64. The molecule has 0 radical (unpaired) electrons. The van der Waals surface area contributed by atoms with Gasteiger partial charge in [-0.1, -0.05) is 16.5 Å². The molecule has 1 saturated heterocycles. The molecule has 148 valence electrons. The smallest absolute Gasteiger partial charge is 0.352 e. The molecule has 0 spiro atoms. The van der Waals surface area contributed by atoms with E-state index >= 15 is 0 Å². The number of thioether (sulfide) groups is 1. The minimum atomic E-state index is -1.20. The van der Waals surface area contributed by atoms with Crippen LogP contribution in [0.15, 0.2) is 20.7 Å². The Morgan fingerprint density at radius 3 is 2.93 bits per heavy atom. The van der Waals surface area contributed by atoms with E-state index in [2.05, 4.69) is 36.7 Å². The second kappa shape index (κ2) is 8.28. The molecule has 0 aromatic carbocycles. The van der Waals surface area contributed by atoms with Gasteiger partial charge >= 0.3 is 5.97 Å². The molecule has 0 aliphatic carbocycles. The highest BCUT2D eigenvalue weighted by molar-refractivity contribution is 9.11. The highest BCUT2D eigenvalue weighted by Gasteiger charge is 2.53. The van der Waals surface area contributed by atoms with Crippen LogP contribution in [0.4, 0.5) is 5.13 Å². The van der Waals surface area contributed by atoms with Crippen LogP contribution in [0, 0.1) is 0 Å². The van der Waals surface area contributed by atoms with Gasteiger partial charge in [0.1, 0.15) is 33.7 Å². The molecule has 2 aliphatic rings. The average Bonchev–Trinajstić information content (AvgIpc) is 3.03. The lowest BCUT2D eigenvalue weighted by Gasteiger charge is -2.48. The van der Waals surface area contributed by atoms with Crippen molar-refractivity contribution in [3.63, 3.8) is 0 Å². The molecule has 1 aromatic rings. The summed E-state index contributed by atoms with van der Waals surface area (Å²) in [7, 11) is 1.25. The Labute approximate surface area is 174 Å². The van der Waals surface area contributed by atoms with Crippen molar-refractivity contribution in [2.24, 2.45) is 5.16 Å². The zero-order chi connectivity index (χ0) is 20.4. The van der Waals surface area contributed by atoms with Crippen molar-refractivity contribution >= 4 is 74.1 Å². The Morgan fingerprint density at radius 2 is 2.29 bits per heavy atom. The SMILES string of the molecule is CON=C(C(=O)NC1C(=O)N2C(C(=O)O)=CCS[C@@H]12)c1nc(NC=O)sc1Br. The maximum Gasteiger partial charge on any atom is 0.352 e. The minimum Gasteiger partial charge on any atom is -0.477 e. The number of rotatable bonds is 7. The molecule has 0 bridgehead atoms.